The second kappa shape index (κ2) is 10.8. The molecule has 182 valence electrons. The number of halogens is 1. The van der Waals surface area contributed by atoms with Crippen molar-refractivity contribution >= 4 is 45.4 Å². The molecule has 0 radical (unpaired) electrons. The number of hydrogen-bond acceptors (Lipinski definition) is 5. The van der Waals surface area contributed by atoms with E-state index in [1.807, 2.05) is 31.2 Å². The molecule has 0 bridgehead atoms. The Kier molecular flexibility index (Phi) is 7.84. The fourth-order valence-corrected chi connectivity index (χ4v) is 4.98. The topological polar surface area (TPSA) is 62.9 Å². The molecule has 0 unspecified atom stereocenters. The van der Waals surface area contributed by atoms with Crippen LogP contribution in [0.5, 0.6) is 0 Å². The minimum Gasteiger partial charge on any atom is -0.372 e. The molecule has 0 fully saturated rings. The average molecular weight is 582 g/mol. The van der Waals surface area contributed by atoms with Gasteiger partial charge in [-0.15, -0.1) is 0 Å². The highest BCUT2D eigenvalue weighted by Gasteiger charge is 2.30. The van der Waals surface area contributed by atoms with Crippen LogP contribution in [0.3, 0.4) is 0 Å². The molecular weight excluding hydrogens is 549 g/mol. The van der Waals surface area contributed by atoms with Gasteiger partial charge in [0.05, 0.1) is 11.4 Å². The van der Waals surface area contributed by atoms with Crippen LogP contribution in [0.2, 0.25) is 0 Å². The molecule has 6 nitrogen and oxygen atoms in total. The summed E-state index contributed by atoms with van der Waals surface area (Å²) < 4.78 is 2.48. The van der Waals surface area contributed by atoms with Gasteiger partial charge in [-0.1, -0.05) is 31.5 Å². The molecule has 0 atom stereocenters. The smallest absolute Gasteiger partial charge is 0.277 e. The number of anilines is 1. The summed E-state index contributed by atoms with van der Waals surface area (Å²) in [6.07, 6.45) is 2.80. The van der Waals surface area contributed by atoms with Crippen molar-refractivity contribution in [3.63, 3.8) is 0 Å². The third kappa shape index (κ3) is 4.96. The molecule has 1 aliphatic heterocycles. The van der Waals surface area contributed by atoms with Crippen molar-refractivity contribution in [1.29, 1.82) is 0 Å². The molecule has 0 saturated heterocycles. The Bertz CT molecular complexity index is 1370. The van der Waals surface area contributed by atoms with E-state index in [-0.39, 0.29) is 5.56 Å². The number of aryl methyl sites for hydroxylation is 2. The molecule has 3 aromatic rings. The van der Waals surface area contributed by atoms with E-state index in [1.165, 1.54) is 10.4 Å². The standard InChI is InChI=1S/C28H32IN5O/c1-6-9-14-24-19(5)28(35)34-27(31-24)26(25(32-34)21-12-10-11-13-22(21)29)30-23-16-15-20(17-18(23)4)33(7-2)8-3/h10-13,15-17H,6-9,14H2,1-5H3. The van der Waals surface area contributed by atoms with Crippen molar-refractivity contribution in [2.45, 2.75) is 53.9 Å². The van der Waals surface area contributed by atoms with E-state index in [0.29, 0.717) is 22.8 Å². The first kappa shape index (κ1) is 25.3. The van der Waals surface area contributed by atoms with E-state index in [2.05, 4.69) is 73.4 Å². The molecule has 4 rings (SSSR count). The number of unbranched alkanes of at least 4 members (excludes halogenated alkanes) is 1. The molecule has 0 N–H and O–H groups in total. The molecule has 0 amide bonds. The average Bonchev–Trinajstić information content (AvgIpc) is 3.21. The molecule has 0 saturated carbocycles. The molecular formula is C28H32IN5O. The highest BCUT2D eigenvalue weighted by molar-refractivity contribution is 14.1. The molecule has 2 heterocycles. The second-order valence-electron chi connectivity index (χ2n) is 8.76. The van der Waals surface area contributed by atoms with Crippen LogP contribution in [0.1, 0.15) is 61.8 Å². The van der Waals surface area contributed by atoms with Crippen molar-refractivity contribution in [2.24, 2.45) is 10.1 Å². The molecule has 2 aromatic carbocycles. The summed E-state index contributed by atoms with van der Waals surface area (Å²) in [5.74, 6) is 0.522. The Labute approximate surface area is 221 Å². The number of rotatable bonds is 8. The lowest BCUT2D eigenvalue weighted by Gasteiger charge is -2.21. The number of benzene rings is 2. The Hall–Kier alpha value is -2.81. The van der Waals surface area contributed by atoms with Gasteiger partial charge < -0.3 is 4.90 Å². The monoisotopic (exact) mass is 581 g/mol. The molecule has 1 aromatic heterocycles. The number of aromatic nitrogens is 2. The van der Waals surface area contributed by atoms with Gasteiger partial charge in [-0.25, -0.2) is 9.98 Å². The zero-order valence-corrected chi connectivity index (χ0v) is 23.3. The third-order valence-corrected chi connectivity index (χ3v) is 7.40. The van der Waals surface area contributed by atoms with Crippen molar-refractivity contribution in [1.82, 2.24) is 9.66 Å². The van der Waals surface area contributed by atoms with Gasteiger partial charge in [-0.2, -0.15) is 9.78 Å². The van der Waals surface area contributed by atoms with E-state index in [1.54, 1.807) is 0 Å². The van der Waals surface area contributed by atoms with Crippen molar-refractivity contribution in [2.75, 3.05) is 18.0 Å². The second-order valence-corrected chi connectivity index (χ2v) is 9.92. The van der Waals surface area contributed by atoms with E-state index >= 15 is 0 Å². The van der Waals surface area contributed by atoms with Crippen LogP contribution in [0, 0.1) is 17.4 Å². The first-order valence-corrected chi connectivity index (χ1v) is 13.4. The summed E-state index contributed by atoms with van der Waals surface area (Å²) in [6.45, 7) is 12.3. The summed E-state index contributed by atoms with van der Waals surface area (Å²) in [7, 11) is 0. The van der Waals surface area contributed by atoms with Crippen LogP contribution >= 0.6 is 22.6 Å². The number of aliphatic imine (C=N–C) groups is 1. The van der Waals surface area contributed by atoms with Gasteiger partial charge in [0.15, 0.2) is 5.82 Å². The summed E-state index contributed by atoms with van der Waals surface area (Å²) in [5.41, 5.74) is 6.75. The summed E-state index contributed by atoms with van der Waals surface area (Å²) in [5, 5.41) is 4.76. The van der Waals surface area contributed by atoms with Crippen LogP contribution in [-0.4, -0.2) is 34.2 Å². The number of hydrogen-bond donors (Lipinski definition) is 0. The van der Waals surface area contributed by atoms with Crippen molar-refractivity contribution < 1.29 is 0 Å². The first-order valence-electron chi connectivity index (χ1n) is 12.3. The predicted octanol–water partition coefficient (Wildman–Crippen LogP) is 6.04. The first-order chi connectivity index (χ1) is 16.9. The Morgan fingerprint density at radius 1 is 1.06 bits per heavy atom. The maximum atomic E-state index is 13.3. The summed E-state index contributed by atoms with van der Waals surface area (Å²) in [4.78, 5) is 25.7. The van der Waals surface area contributed by atoms with Crippen molar-refractivity contribution in [3.05, 3.63) is 84.6 Å². The zero-order valence-electron chi connectivity index (χ0n) is 21.1. The molecule has 1 aliphatic rings. The fraction of sp³-hybridized carbons (Fsp3) is 0.357. The van der Waals surface area contributed by atoms with E-state index < -0.39 is 0 Å². The van der Waals surface area contributed by atoms with Gasteiger partial charge in [0.25, 0.3) is 5.56 Å². The summed E-state index contributed by atoms with van der Waals surface area (Å²) in [6, 6.07) is 14.4. The molecule has 35 heavy (non-hydrogen) atoms. The zero-order chi connectivity index (χ0) is 25.1. The van der Waals surface area contributed by atoms with Gasteiger partial charge in [-0.3, -0.25) is 4.79 Å². The van der Waals surface area contributed by atoms with Crippen LogP contribution in [-0.2, 0) is 6.42 Å². The Morgan fingerprint density at radius 2 is 1.80 bits per heavy atom. The van der Waals surface area contributed by atoms with E-state index in [0.717, 1.165) is 58.4 Å². The van der Waals surface area contributed by atoms with Gasteiger partial charge in [0.1, 0.15) is 11.4 Å². The maximum Gasteiger partial charge on any atom is 0.277 e. The van der Waals surface area contributed by atoms with E-state index in [4.69, 9.17) is 15.1 Å². The van der Waals surface area contributed by atoms with Crippen molar-refractivity contribution in [3.8, 4) is 0 Å². The Balaban J connectivity index is 1.91. The Morgan fingerprint density at radius 3 is 2.46 bits per heavy atom. The lowest BCUT2D eigenvalue weighted by Crippen LogP contribution is -2.25. The predicted molar refractivity (Wildman–Crippen MR) is 154 cm³/mol. The largest absolute Gasteiger partial charge is 0.372 e. The van der Waals surface area contributed by atoms with Crippen LogP contribution in [0.25, 0.3) is 0 Å². The van der Waals surface area contributed by atoms with Gasteiger partial charge in [0.2, 0.25) is 0 Å². The fourth-order valence-electron chi connectivity index (χ4n) is 4.33. The molecule has 0 aliphatic carbocycles. The highest BCUT2D eigenvalue weighted by atomic mass is 127. The lowest BCUT2D eigenvalue weighted by molar-refractivity contribution is 0.726. The number of fused-ring (bicyclic) bond motifs is 1. The normalized spacial score (nSPS) is 13.8. The highest BCUT2D eigenvalue weighted by Crippen LogP contribution is 2.28. The van der Waals surface area contributed by atoms with Gasteiger partial charge in [0, 0.05) is 33.5 Å². The minimum atomic E-state index is -0.122. The van der Waals surface area contributed by atoms with E-state index in [9.17, 15) is 4.79 Å². The lowest BCUT2D eigenvalue weighted by atomic mass is 10.0. The van der Waals surface area contributed by atoms with Crippen LogP contribution in [0.4, 0.5) is 11.4 Å². The molecule has 7 heteroatoms. The quantitative estimate of drug-likeness (QED) is 0.305. The van der Waals surface area contributed by atoms with Gasteiger partial charge in [-0.05, 0) is 93.0 Å². The maximum absolute atomic E-state index is 13.3. The number of nitrogens with zero attached hydrogens (tertiary/aromatic N) is 5. The SMILES string of the molecule is CCCCc1nc2n(c(=O)c1C)N=C(c1ccccc1I)C2=Nc1ccc(N(CC)CC)cc1C. The van der Waals surface area contributed by atoms with Crippen LogP contribution in [0.15, 0.2) is 57.4 Å². The minimum absolute atomic E-state index is 0.122. The summed E-state index contributed by atoms with van der Waals surface area (Å²) >= 11 is 2.31. The third-order valence-electron chi connectivity index (χ3n) is 6.46. The van der Waals surface area contributed by atoms with Crippen LogP contribution < -0.4 is 10.5 Å². The molecule has 0 spiro atoms. The van der Waals surface area contributed by atoms with Gasteiger partial charge >= 0.3 is 0 Å².